The normalized spacial score (nSPS) is 10.2. The van der Waals surface area contributed by atoms with Crippen molar-refractivity contribution in [1.29, 1.82) is 0 Å². The first-order valence-corrected chi connectivity index (χ1v) is 4.08. The fourth-order valence-electron chi connectivity index (χ4n) is 0.644. The number of aliphatic imine (C=N–C) groups is 1. The molecule has 1 N–H and O–H groups in total. The third-order valence-electron chi connectivity index (χ3n) is 1.19. The number of aliphatic carboxylic acids is 1. The van der Waals surface area contributed by atoms with E-state index < -0.39 is 12.1 Å². The maximum absolute atomic E-state index is 10.6. The monoisotopic (exact) mass is 187 g/mol. The second-order valence-electron chi connectivity index (χ2n) is 2.30. The summed E-state index contributed by atoms with van der Waals surface area (Å²) in [5.41, 5.74) is 0. The predicted molar refractivity (Wildman–Crippen MR) is 47.0 cm³/mol. The molecule has 0 aliphatic carbocycles. The van der Waals surface area contributed by atoms with E-state index in [9.17, 15) is 9.59 Å². The fourth-order valence-corrected chi connectivity index (χ4v) is 0.644. The van der Waals surface area contributed by atoms with Crippen LogP contribution in [0.15, 0.2) is 4.99 Å². The standard InChI is InChI=1S/C8H13NO4/c1-2-13-8(12)9-6-4-3-5-7(10)11/h6H,2-5H2,1H3,(H,10,11). The highest BCUT2D eigenvalue weighted by molar-refractivity contribution is 5.79. The predicted octanol–water partition coefficient (Wildman–Crippen LogP) is 1.47. The number of amides is 1. The van der Waals surface area contributed by atoms with Gasteiger partial charge in [-0.2, -0.15) is 4.99 Å². The molecule has 0 radical (unpaired) electrons. The zero-order chi connectivity index (χ0) is 10.1. The summed E-state index contributed by atoms with van der Waals surface area (Å²) in [5.74, 6) is -0.843. The summed E-state index contributed by atoms with van der Waals surface area (Å²) in [6, 6.07) is 0. The van der Waals surface area contributed by atoms with Crippen molar-refractivity contribution in [3.63, 3.8) is 0 Å². The molecule has 0 saturated heterocycles. The van der Waals surface area contributed by atoms with Crippen LogP contribution < -0.4 is 0 Å². The average molecular weight is 187 g/mol. The minimum absolute atomic E-state index is 0.0921. The lowest BCUT2D eigenvalue weighted by Crippen LogP contribution is -1.98. The highest BCUT2D eigenvalue weighted by Crippen LogP contribution is 1.92. The Morgan fingerprint density at radius 1 is 1.54 bits per heavy atom. The Morgan fingerprint density at radius 2 is 2.23 bits per heavy atom. The van der Waals surface area contributed by atoms with Crippen molar-refractivity contribution in [2.45, 2.75) is 26.2 Å². The molecule has 0 bridgehead atoms. The number of unbranched alkanes of at least 4 members (excludes halogenated alkanes) is 1. The lowest BCUT2D eigenvalue weighted by atomic mass is 10.2. The molecular weight excluding hydrogens is 174 g/mol. The van der Waals surface area contributed by atoms with E-state index >= 15 is 0 Å². The Bertz CT molecular complexity index is 200. The fraction of sp³-hybridized carbons (Fsp3) is 0.625. The average Bonchev–Trinajstić information content (AvgIpc) is 2.03. The van der Waals surface area contributed by atoms with Gasteiger partial charge in [0.2, 0.25) is 0 Å². The van der Waals surface area contributed by atoms with Gasteiger partial charge in [0, 0.05) is 12.6 Å². The first kappa shape index (κ1) is 11.6. The quantitative estimate of drug-likeness (QED) is 0.522. The van der Waals surface area contributed by atoms with Crippen molar-refractivity contribution in [3.8, 4) is 0 Å². The van der Waals surface area contributed by atoms with Crippen molar-refractivity contribution < 1.29 is 19.4 Å². The lowest BCUT2D eigenvalue weighted by molar-refractivity contribution is -0.137. The zero-order valence-corrected chi connectivity index (χ0v) is 7.52. The lowest BCUT2D eigenvalue weighted by Gasteiger charge is -1.93. The number of nitrogens with zero attached hydrogens (tertiary/aromatic N) is 1. The molecule has 13 heavy (non-hydrogen) atoms. The van der Waals surface area contributed by atoms with Gasteiger partial charge in [0.15, 0.2) is 0 Å². The Labute approximate surface area is 76.4 Å². The molecule has 0 aromatic heterocycles. The molecule has 0 rings (SSSR count). The van der Waals surface area contributed by atoms with E-state index in [1.165, 1.54) is 6.21 Å². The van der Waals surface area contributed by atoms with Crippen molar-refractivity contribution in [2.24, 2.45) is 4.99 Å². The molecule has 1 amide bonds. The van der Waals surface area contributed by atoms with Gasteiger partial charge in [0.1, 0.15) is 0 Å². The van der Waals surface area contributed by atoms with Gasteiger partial charge in [-0.25, -0.2) is 4.79 Å². The summed E-state index contributed by atoms with van der Waals surface area (Å²) in [6.45, 7) is 1.99. The molecule has 0 saturated carbocycles. The third kappa shape index (κ3) is 8.52. The molecule has 5 heteroatoms. The molecule has 74 valence electrons. The van der Waals surface area contributed by atoms with Crippen molar-refractivity contribution in [1.82, 2.24) is 0 Å². The minimum atomic E-state index is -0.843. The summed E-state index contributed by atoms with van der Waals surface area (Å²) in [7, 11) is 0. The summed E-state index contributed by atoms with van der Waals surface area (Å²) in [5, 5.41) is 8.27. The maximum atomic E-state index is 10.6. The van der Waals surface area contributed by atoms with E-state index in [1.54, 1.807) is 6.92 Å². The van der Waals surface area contributed by atoms with Crippen LogP contribution in [0.2, 0.25) is 0 Å². The molecule has 0 unspecified atom stereocenters. The first-order chi connectivity index (χ1) is 6.16. The van der Waals surface area contributed by atoms with E-state index in [1.807, 2.05) is 0 Å². The smallest absolute Gasteiger partial charge is 0.433 e. The van der Waals surface area contributed by atoms with Crippen LogP contribution in [0, 0.1) is 0 Å². The number of rotatable bonds is 5. The number of hydrogen-bond acceptors (Lipinski definition) is 3. The SMILES string of the molecule is CCOC(=O)N=CCCCC(=O)O. The van der Waals surface area contributed by atoms with E-state index in [2.05, 4.69) is 9.73 Å². The van der Waals surface area contributed by atoms with Gasteiger partial charge in [0.05, 0.1) is 6.61 Å². The number of carbonyl (C=O) groups is 2. The Hall–Kier alpha value is -1.39. The Morgan fingerprint density at radius 3 is 2.77 bits per heavy atom. The second-order valence-corrected chi connectivity index (χ2v) is 2.30. The summed E-state index contributed by atoms with van der Waals surface area (Å²) in [4.78, 5) is 24.1. The van der Waals surface area contributed by atoms with Crippen LogP contribution in [0.5, 0.6) is 0 Å². The second kappa shape index (κ2) is 7.27. The molecule has 5 nitrogen and oxygen atoms in total. The van der Waals surface area contributed by atoms with Crippen LogP contribution in [-0.2, 0) is 9.53 Å². The van der Waals surface area contributed by atoms with Crippen LogP contribution in [0.3, 0.4) is 0 Å². The first-order valence-electron chi connectivity index (χ1n) is 4.08. The van der Waals surface area contributed by atoms with Crippen LogP contribution in [0.1, 0.15) is 26.2 Å². The third-order valence-corrected chi connectivity index (χ3v) is 1.19. The van der Waals surface area contributed by atoms with Gasteiger partial charge in [-0.3, -0.25) is 4.79 Å². The Kier molecular flexibility index (Phi) is 6.49. The van der Waals surface area contributed by atoms with Crippen LogP contribution in [0.4, 0.5) is 4.79 Å². The van der Waals surface area contributed by atoms with Gasteiger partial charge in [0.25, 0.3) is 0 Å². The number of carboxylic acid groups (broad SMARTS) is 1. The molecule has 0 spiro atoms. The topological polar surface area (TPSA) is 76.0 Å². The van der Waals surface area contributed by atoms with Crippen LogP contribution >= 0.6 is 0 Å². The van der Waals surface area contributed by atoms with Gasteiger partial charge in [-0.05, 0) is 19.8 Å². The molecular formula is C8H13NO4. The minimum Gasteiger partial charge on any atom is -0.481 e. The highest BCUT2D eigenvalue weighted by Gasteiger charge is 1.96. The molecule has 0 aliphatic rings. The van der Waals surface area contributed by atoms with E-state index in [0.717, 1.165) is 0 Å². The zero-order valence-electron chi connectivity index (χ0n) is 7.52. The van der Waals surface area contributed by atoms with Gasteiger partial charge >= 0.3 is 12.1 Å². The van der Waals surface area contributed by atoms with Crippen molar-refractivity contribution in [3.05, 3.63) is 0 Å². The number of carbonyl (C=O) groups excluding carboxylic acids is 1. The van der Waals surface area contributed by atoms with Gasteiger partial charge in [-0.1, -0.05) is 0 Å². The van der Waals surface area contributed by atoms with E-state index in [4.69, 9.17) is 5.11 Å². The maximum Gasteiger partial charge on any atom is 0.433 e. The molecule has 0 aromatic rings. The molecule has 0 atom stereocenters. The van der Waals surface area contributed by atoms with Crippen molar-refractivity contribution >= 4 is 18.3 Å². The number of hydrogen-bond donors (Lipinski definition) is 1. The van der Waals surface area contributed by atoms with Gasteiger partial charge < -0.3 is 9.84 Å². The molecule has 0 fully saturated rings. The van der Waals surface area contributed by atoms with E-state index in [0.29, 0.717) is 19.4 Å². The van der Waals surface area contributed by atoms with E-state index in [-0.39, 0.29) is 6.42 Å². The molecule has 0 aliphatic heterocycles. The summed E-state index contributed by atoms with van der Waals surface area (Å²) >= 11 is 0. The van der Waals surface area contributed by atoms with Crippen LogP contribution in [-0.4, -0.2) is 30.0 Å². The number of carboxylic acids is 1. The van der Waals surface area contributed by atoms with Crippen molar-refractivity contribution in [2.75, 3.05) is 6.61 Å². The van der Waals surface area contributed by atoms with Gasteiger partial charge in [-0.15, -0.1) is 0 Å². The molecule has 0 aromatic carbocycles. The molecule has 0 heterocycles. The number of ether oxygens (including phenoxy) is 1. The Balaban J connectivity index is 3.40. The largest absolute Gasteiger partial charge is 0.481 e. The summed E-state index contributed by atoms with van der Waals surface area (Å²) in [6.07, 6.45) is 1.80. The van der Waals surface area contributed by atoms with Crippen LogP contribution in [0.25, 0.3) is 0 Å². The highest BCUT2D eigenvalue weighted by atomic mass is 16.5. The summed E-state index contributed by atoms with van der Waals surface area (Å²) < 4.78 is 4.52.